The summed E-state index contributed by atoms with van der Waals surface area (Å²) in [6, 6.07) is 61.3. The Morgan fingerprint density at radius 3 is 1.70 bits per heavy atom. The average molecular weight is 708 g/mol. The Morgan fingerprint density at radius 2 is 0.870 bits per heavy atom. The number of thiophene rings is 1. The number of hydrogen-bond acceptors (Lipinski definition) is 5. The molecule has 3 aromatic heterocycles. The molecule has 0 radical (unpaired) electrons. The van der Waals surface area contributed by atoms with Crippen LogP contribution in [-0.2, 0) is 0 Å². The van der Waals surface area contributed by atoms with Crippen molar-refractivity contribution in [2.45, 2.75) is 0 Å². The average Bonchev–Trinajstić information content (AvgIpc) is 3.82. The molecule has 0 saturated carbocycles. The first kappa shape index (κ1) is 30.7. The third kappa shape index (κ3) is 4.86. The summed E-state index contributed by atoms with van der Waals surface area (Å²) in [6.45, 7) is 0. The van der Waals surface area contributed by atoms with E-state index in [1.54, 1.807) is 0 Å². The second-order valence-electron chi connectivity index (χ2n) is 13.5. The number of furan rings is 1. The van der Waals surface area contributed by atoms with E-state index in [9.17, 15) is 0 Å². The molecule has 0 bridgehead atoms. The van der Waals surface area contributed by atoms with Crippen molar-refractivity contribution in [3.05, 3.63) is 176 Å². The summed E-state index contributed by atoms with van der Waals surface area (Å²) in [7, 11) is 0. The summed E-state index contributed by atoms with van der Waals surface area (Å²) < 4.78 is 9.06. The van der Waals surface area contributed by atoms with Crippen molar-refractivity contribution >= 4 is 64.2 Å². The number of hydrogen-bond donors (Lipinski definition) is 0. The summed E-state index contributed by atoms with van der Waals surface area (Å²) in [5, 5.41) is 6.77. The first-order valence-electron chi connectivity index (χ1n) is 18.0. The molecule has 5 heteroatoms. The Bertz CT molecular complexity index is 3230. The maximum atomic E-state index is 6.54. The van der Waals surface area contributed by atoms with Crippen LogP contribution in [0.25, 0.3) is 109 Å². The molecular formula is C49H29N3OS. The molecule has 11 aromatic rings. The zero-order valence-electron chi connectivity index (χ0n) is 28.9. The molecule has 0 aliphatic carbocycles. The van der Waals surface area contributed by atoms with E-state index in [-0.39, 0.29) is 0 Å². The summed E-state index contributed by atoms with van der Waals surface area (Å²) in [6.07, 6.45) is 0. The highest BCUT2D eigenvalue weighted by atomic mass is 32.1. The lowest BCUT2D eigenvalue weighted by molar-refractivity contribution is 0.669. The molecule has 0 amide bonds. The smallest absolute Gasteiger partial charge is 0.164 e. The second kappa shape index (κ2) is 12.3. The fraction of sp³-hybridized carbons (Fsp3) is 0. The molecule has 3 heterocycles. The SMILES string of the molecule is c1ccc(-c2cccc3oc4cccc(-c5nc(-c6ccccc6-c6cccc7c6sc6ccccc67)nc(-c6cccc7ccccc67)n5)c4c23)cc1. The van der Waals surface area contributed by atoms with Gasteiger partial charge < -0.3 is 4.42 Å². The zero-order valence-corrected chi connectivity index (χ0v) is 29.7. The summed E-state index contributed by atoms with van der Waals surface area (Å²) in [5.41, 5.74) is 8.87. The molecule has 0 unspecified atom stereocenters. The minimum absolute atomic E-state index is 0.592. The van der Waals surface area contributed by atoms with Gasteiger partial charge in [-0.1, -0.05) is 158 Å². The molecule has 11 rings (SSSR count). The van der Waals surface area contributed by atoms with Crippen molar-refractivity contribution in [2.75, 3.05) is 0 Å². The standard InChI is InChI=1S/C49H29N3OS/c1-2-14-31(15-3-1)33-22-12-27-41-44(33)45-40(26-13-28-42(45)53-41)49-51-47(38-25-10-17-30-16-4-5-18-32(30)38)50-48(52-49)39-21-7-6-19-34(39)36-23-11-24-37-35-20-8-9-29-43(35)54-46(36)37/h1-29H. The fourth-order valence-electron chi connectivity index (χ4n) is 7.94. The van der Waals surface area contributed by atoms with E-state index in [0.29, 0.717) is 17.5 Å². The van der Waals surface area contributed by atoms with Gasteiger partial charge in [-0.2, -0.15) is 0 Å². The molecule has 8 aromatic carbocycles. The normalized spacial score (nSPS) is 11.7. The second-order valence-corrected chi connectivity index (χ2v) is 14.5. The third-order valence-electron chi connectivity index (χ3n) is 10.4. The van der Waals surface area contributed by atoms with Crippen LogP contribution in [0, 0.1) is 0 Å². The first-order valence-corrected chi connectivity index (χ1v) is 18.8. The minimum atomic E-state index is 0.592. The predicted octanol–water partition coefficient (Wildman–Crippen LogP) is 13.6. The van der Waals surface area contributed by atoms with Crippen molar-refractivity contribution in [3.63, 3.8) is 0 Å². The lowest BCUT2D eigenvalue weighted by Crippen LogP contribution is -2.01. The van der Waals surface area contributed by atoms with Crippen LogP contribution in [0.15, 0.2) is 180 Å². The topological polar surface area (TPSA) is 51.8 Å². The van der Waals surface area contributed by atoms with Crippen LogP contribution in [0.1, 0.15) is 0 Å². The van der Waals surface area contributed by atoms with Crippen LogP contribution in [0.2, 0.25) is 0 Å². The molecule has 0 spiro atoms. The minimum Gasteiger partial charge on any atom is -0.456 e. The summed E-state index contributed by atoms with van der Waals surface area (Å²) in [4.78, 5) is 16.0. The van der Waals surface area contributed by atoms with E-state index < -0.39 is 0 Å². The first-order chi connectivity index (χ1) is 26.8. The van der Waals surface area contributed by atoms with Gasteiger partial charge in [0.15, 0.2) is 17.5 Å². The lowest BCUT2D eigenvalue weighted by atomic mass is 9.96. The Labute approximate surface area is 314 Å². The largest absolute Gasteiger partial charge is 0.456 e. The maximum absolute atomic E-state index is 6.54. The van der Waals surface area contributed by atoms with E-state index in [1.807, 2.05) is 35.6 Å². The number of aromatic nitrogens is 3. The number of nitrogens with zero attached hydrogens (tertiary/aromatic N) is 3. The number of benzene rings is 8. The van der Waals surface area contributed by atoms with Gasteiger partial charge in [0.25, 0.3) is 0 Å². The number of rotatable bonds is 5. The zero-order chi connectivity index (χ0) is 35.6. The lowest BCUT2D eigenvalue weighted by Gasteiger charge is -2.14. The van der Waals surface area contributed by atoms with Crippen LogP contribution >= 0.6 is 11.3 Å². The van der Waals surface area contributed by atoms with Crippen molar-refractivity contribution in [2.24, 2.45) is 0 Å². The van der Waals surface area contributed by atoms with Gasteiger partial charge in [-0.25, -0.2) is 15.0 Å². The van der Waals surface area contributed by atoms with Gasteiger partial charge in [0.05, 0.1) is 0 Å². The third-order valence-corrected chi connectivity index (χ3v) is 11.6. The van der Waals surface area contributed by atoms with Crippen LogP contribution in [-0.4, -0.2) is 15.0 Å². The highest BCUT2D eigenvalue weighted by Gasteiger charge is 2.22. The summed E-state index contributed by atoms with van der Waals surface area (Å²) in [5.74, 6) is 1.83. The Hall–Kier alpha value is -6.95. The van der Waals surface area contributed by atoms with Gasteiger partial charge in [0.1, 0.15) is 11.2 Å². The monoisotopic (exact) mass is 707 g/mol. The van der Waals surface area contributed by atoms with Gasteiger partial charge in [0, 0.05) is 53.2 Å². The van der Waals surface area contributed by atoms with Gasteiger partial charge >= 0.3 is 0 Å². The van der Waals surface area contributed by atoms with Gasteiger partial charge in [-0.05, 0) is 45.7 Å². The van der Waals surface area contributed by atoms with Crippen LogP contribution in [0.3, 0.4) is 0 Å². The van der Waals surface area contributed by atoms with E-state index in [0.717, 1.165) is 71.7 Å². The van der Waals surface area contributed by atoms with E-state index in [1.165, 1.54) is 20.2 Å². The van der Waals surface area contributed by atoms with Crippen molar-refractivity contribution < 1.29 is 4.42 Å². The highest BCUT2D eigenvalue weighted by molar-refractivity contribution is 7.26. The van der Waals surface area contributed by atoms with E-state index >= 15 is 0 Å². The summed E-state index contributed by atoms with van der Waals surface area (Å²) >= 11 is 1.83. The molecule has 0 atom stereocenters. The Balaban J connectivity index is 1.20. The highest BCUT2D eigenvalue weighted by Crippen LogP contribution is 2.44. The molecule has 0 aliphatic rings. The maximum Gasteiger partial charge on any atom is 0.164 e. The quantitative estimate of drug-likeness (QED) is 0.179. The molecule has 0 saturated heterocycles. The molecule has 54 heavy (non-hydrogen) atoms. The molecule has 0 aliphatic heterocycles. The molecule has 4 nitrogen and oxygen atoms in total. The molecule has 0 N–H and O–H groups in total. The van der Waals surface area contributed by atoms with E-state index in [4.69, 9.17) is 19.4 Å². The molecule has 252 valence electrons. The van der Waals surface area contributed by atoms with Gasteiger partial charge in [-0.3, -0.25) is 0 Å². The van der Waals surface area contributed by atoms with Crippen molar-refractivity contribution in [3.8, 4) is 56.4 Å². The molecular weight excluding hydrogens is 679 g/mol. The van der Waals surface area contributed by atoms with Crippen molar-refractivity contribution in [1.82, 2.24) is 15.0 Å². The van der Waals surface area contributed by atoms with Crippen LogP contribution < -0.4 is 0 Å². The Kier molecular flexibility index (Phi) is 7.00. The van der Waals surface area contributed by atoms with Gasteiger partial charge in [-0.15, -0.1) is 11.3 Å². The fourth-order valence-corrected chi connectivity index (χ4v) is 9.17. The molecule has 0 fully saturated rings. The van der Waals surface area contributed by atoms with Crippen LogP contribution in [0.4, 0.5) is 0 Å². The van der Waals surface area contributed by atoms with Gasteiger partial charge in [0.2, 0.25) is 0 Å². The van der Waals surface area contributed by atoms with E-state index in [2.05, 4.69) is 152 Å². The number of fused-ring (bicyclic) bond motifs is 7. The predicted molar refractivity (Wildman–Crippen MR) is 225 cm³/mol. The van der Waals surface area contributed by atoms with Crippen molar-refractivity contribution in [1.29, 1.82) is 0 Å². The van der Waals surface area contributed by atoms with Crippen LogP contribution in [0.5, 0.6) is 0 Å². The Morgan fingerprint density at radius 1 is 0.352 bits per heavy atom.